The van der Waals surface area contributed by atoms with Crippen LogP contribution in [0.15, 0.2) is 24.3 Å². The van der Waals surface area contributed by atoms with E-state index < -0.39 is 12.1 Å². The molecule has 0 saturated carbocycles. The number of hydrogen-bond donors (Lipinski definition) is 0. The molecule has 1 unspecified atom stereocenters. The molecular weight excluding hydrogens is 213 g/mol. The van der Waals surface area contributed by atoms with Crippen molar-refractivity contribution in [2.45, 2.75) is 45.2 Å². The SMILES string of the molecule is CCC(c1ccc(C(C)C)cc1)C(F)(F)F. The average Bonchev–Trinajstić information content (AvgIpc) is 2.17. The minimum Gasteiger partial charge on any atom is -0.170 e. The monoisotopic (exact) mass is 230 g/mol. The lowest BCUT2D eigenvalue weighted by atomic mass is 9.93. The van der Waals surface area contributed by atoms with E-state index in [1.807, 2.05) is 13.8 Å². The van der Waals surface area contributed by atoms with Gasteiger partial charge in [-0.2, -0.15) is 13.2 Å². The molecule has 1 atom stereocenters. The van der Waals surface area contributed by atoms with Crippen LogP contribution in [0.1, 0.15) is 50.2 Å². The van der Waals surface area contributed by atoms with Crippen LogP contribution < -0.4 is 0 Å². The molecule has 0 heterocycles. The minimum atomic E-state index is -4.14. The topological polar surface area (TPSA) is 0 Å². The Morgan fingerprint density at radius 3 is 1.75 bits per heavy atom. The van der Waals surface area contributed by atoms with E-state index in [4.69, 9.17) is 0 Å². The van der Waals surface area contributed by atoms with Gasteiger partial charge in [-0.3, -0.25) is 0 Å². The lowest BCUT2D eigenvalue weighted by molar-refractivity contribution is -0.151. The van der Waals surface area contributed by atoms with E-state index in [0.717, 1.165) is 5.56 Å². The van der Waals surface area contributed by atoms with Gasteiger partial charge in [0.05, 0.1) is 5.92 Å². The van der Waals surface area contributed by atoms with Gasteiger partial charge in [-0.05, 0) is 23.5 Å². The van der Waals surface area contributed by atoms with E-state index >= 15 is 0 Å². The summed E-state index contributed by atoms with van der Waals surface area (Å²) in [7, 11) is 0. The maximum atomic E-state index is 12.7. The highest BCUT2D eigenvalue weighted by Crippen LogP contribution is 2.37. The molecule has 16 heavy (non-hydrogen) atoms. The van der Waals surface area contributed by atoms with Gasteiger partial charge in [0.25, 0.3) is 0 Å². The Hall–Kier alpha value is -0.990. The van der Waals surface area contributed by atoms with Gasteiger partial charge in [-0.15, -0.1) is 0 Å². The second-order valence-corrected chi connectivity index (χ2v) is 4.32. The van der Waals surface area contributed by atoms with Crippen molar-refractivity contribution in [1.29, 1.82) is 0 Å². The highest BCUT2D eigenvalue weighted by molar-refractivity contribution is 5.27. The van der Waals surface area contributed by atoms with Crippen molar-refractivity contribution >= 4 is 0 Å². The number of benzene rings is 1. The quantitative estimate of drug-likeness (QED) is 0.695. The van der Waals surface area contributed by atoms with Crippen LogP contribution in [0.4, 0.5) is 13.2 Å². The Balaban J connectivity index is 2.96. The van der Waals surface area contributed by atoms with Crippen molar-refractivity contribution < 1.29 is 13.2 Å². The first-order valence-electron chi connectivity index (χ1n) is 5.52. The molecule has 1 aromatic carbocycles. The summed E-state index contributed by atoms with van der Waals surface area (Å²) in [4.78, 5) is 0. The molecule has 3 heteroatoms. The molecular formula is C13H17F3. The van der Waals surface area contributed by atoms with Crippen molar-refractivity contribution in [2.24, 2.45) is 0 Å². The summed E-state index contributed by atoms with van der Waals surface area (Å²) >= 11 is 0. The van der Waals surface area contributed by atoms with Crippen LogP contribution >= 0.6 is 0 Å². The molecule has 0 radical (unpaired) electrons. The first-order valence-corrected chi connectivity index (χ1v) is 5.52. The van der Waals surface area contributed by atoms with E-state index in [9.17, 15) is 13.2 Å². The summed E-state index contributed by atoms with van der Waals surface area (Å²) in [6, 6.07) is 6.76. The van der Waals surface area contributed by atoms with Crippen molar-refractivity contribution in [3.63, 3.8) is 0 Å². The van der Waals surface area contributed by atoms with Gasteiger partial charge in [0.15, 0.2) is 0 Å². The standard InChI is InChI=1S/C13H17F3/c1-4-12(13(14,15)16)11-7-5-10(6-8-11)9(2)3/h5-9,12H,4H2,1-3H3. The van der Waals surface area contributed by atoms with Crippen LogP contribution in [0.25, 0.3) is 0 Å². The lowest BCUT2D eigenvalue weighted by Gasteiger charge is -2.19. The van der Waals surface area contributed by atoms with Crippen LogP contribution in [0, 0.1) is 0 Å². The van der Waals surface area contributed by atoms with Gasteiger partial charge in [0, 0.05) is 0 Å². The second-order valence-electron chi connectivity index (χ2n) is 4.32. The molecule has 0 aliphatic rings. The number of hydrogen-bond acceptors (Lipinski definition) is 0. The molecule has 90 valence electrons. The van der Waals surface area contributed by atoms with E-state index in [2.05, 4.69) is 0 Å². The van der Waals surface area contributed by atoms with E-state index in [-0.39, 0.29) is 6.42 Å². The third kappa shape index (κ3) is 3.00. The molecule has 1 rings (SSSR count). The summed E-state index contributed by atoms with van der Waals surface area (Å²) in [6.07, 6.45) is -4.06. The molecule has 0 nitrogen and oxygen atoms in total. The smallest absolute Gasteiger partial charge is 0.170 e. The van der Waals surface area contributed by atoms with E-state index in [1.165, 1.54) is 0 Å². The largest absolute Gasteiger partial charge is 0.395 e. The van der Waals surface area contributed by atoms with Gasteiger partial charge >= 0.3 is 6.18 Å². The van der Waals surface area contributed by atoms with E-state index in [1.54, 1.807) is 31.2 Å². The summed E-state index contributed by atoms with van der Waals surface area (Å²) < 4.78 is 38.0. The van der Waals surface area contributed by atoms with E-state index in [0.29, 0.717) is 11.5 Å². The Labute approximate surface area is 94.5 Å². The molecule has 0 N–H and O–H groups in total. The minimum absolute atomic E-state index is 0.0878. The molecule has 0 aliphatic carbocycles. The molecule has 0 aromatic heterocycles. The maximum absolute atomic E-state index is 12.7. The Morgan fingerprint density at radius 1 is 1.00 bits per heavy atom. The fourth-order valence-electron chi connectivity index (χ4n) is 1.77. The Morgan fingerprint density at radius 2 is 1.44 bits per heavy atom. The molecule has 0 amide bonds. The van der Waals surface area contributed by atoms with Crippen LogP contribution in [0.3, 0.4) is 0 Å². The number of rotatable bonds is 3. The molecule has 0 aliphatic heterocycles. The van der Waals surface area contributed by atoms with Gasteiger partial charge in [0.1, 0.15) is 0 Å². The van der Waals surface area contributed by atoms with Crippen LogP contribution in [0.2, 0.25) is 0 Å². The predicted octanol–water partition coefficient (Wildman–Crippen LogP) is 4.87. The highest BCUT2D eigenvalue weighted by Gasteiger charge is 2.39. The molecule has 0 fully saturated rings. The Kier molecular flexibility index (Phi) is 4.00. The van der Waals surface area contributed by atoms with Crippen molar-refractivity contribution in [1.82, 2.24) is 0 Å². The van der Waals surface area contributed by atoms with Gasteiger partial charge < -0.3 is 0 Å². The maximum Gasteiger partial charge on any atom is 0.395 e. The zero-order chi connectivity index (χ0) is 12.3. The number of alkyl halides is 3. The average molecular weight is 230 g/mol. The van der Waals surface area contributed by atoms with Gasteiger partial charge in [-0.1, -0.05) is 45.0 Å². The van der Waals surface area contributed by atoms with Crippen LogP contribution in [-0.4, -0.2) is 6.18 Å². The Bertz CT molecular complexity index is 322. The summed E-state index contributed by atoms with van der Waals surface area (Å²) in [5.74, 6) is -0.992. The lowest BCUT2D eigenvalue weighted by Crippen LogP contribution is -2.20. The summed E-state index contributed by atoms with van der Waals surface area (Å²) in [5, 5.41) is 0. The summed E-state index contributed by atoms with van der Waals surface area (Å²) in [6.45, 7) is 5.61. The normalized spacial score (nSPS) is 14.2. The third-order valence-electron chi connectivity index (χ3n) is 2.81. The molecule has 1 aromatic rings. The predicted molar refractivity (Wildman–Crippen MR) is 59.6 cm³/mol. The van der Waals surface area contributed by atoms with Gasteiger partial charge in [-0.25, -0.2) is 0 Å². The third-order valence-corrected chi connectivity index (χ3v) is 2.81. The fraction of sp³-hybridized carbons (Fsp3) is 0.538. The molecule has 0 spiro atoms. The van der Waals surface area contributed by atoms with Crippen molar-refractivity contribution in [3.8, 4) is 0 Å². The van der Waals surface area contributed by atoms with Crippen LogP contribution in [0.5, 0.6) is 0 Å². The zero-order valence-corrected chi connectivity index (χ0v) is 9.81. The first-order chi connectivity index (χ1) is 7.36. The zero-order valence-electron chi connectivity index (χ0n) is 9.81. The molecule has 0 bridgehead atoms. The fourth-order valence-corrected chi connectivity index (χ4v) is 1.77. The van der Waals surface area contributed by atoms with Crippen molar-refractivity contribution in [2.75, 3.05) is 0 Å². The highest BCUT2D eigenvalue weighted by atomic mass is 19.4. The van der Waals surface area contributed by atoms with Gasteiger partial charge in [0.2, 0.25) is 0 Å². The van der Waals surface area contributed by atoms with Crippen LogP contribution in [-0.2, 0) is 0 Å². The number of halogens is 3. The molecule has 0 saturated heterocycles. The second kappa shape index (κ2) is 4.89. The summed E-state index contributed by atoms with van der Waals surface area (Å²) in [5.41, 5.74) is 1.43. The first kappa shape index (κ1) is 13.1. The van der Waals surface area contributed by atoms with Crippen molar-refractivity contribution in [3.05, 3.63) is 35.4 Å².